The van der Waals surface area contributed by atoms with Gasteiger partial charge in [-0.1, -0.05) is 87.7 Å². The van der Waals surface area contributed by atoms with Crippen molar-refractivity contribution in [2.24, 2.45) is 0 Å². The Morgan fingerprint density at radius 2 is 1.52 bits per heavy atom. The molecule has 0 aliphatic rings. The van der Waals surface area contributed by atoms with E-state index in [1.54, 1.807) is 36.4 Å². The fourth-order valence-electron chi connectivity index (χ4n) is 3.67. The Morgan fingerprint density at radius 1 is 0.879 bits per heavy atom. The van der Waals surface area contributed by atoms with E-state index >= 15 is 0 Å². The minimum absolute atomic E-state index is 0.0271. The third-order valence-electron chi connectivity index (χ3n) is 5.68. The number of hydrogen-bond donors (Lipinski definition) is 1. The molecule has 0 saturated carbocycles. The van der Waals surface area contributed by atoms with Crippen LogP contribution in [0.25, 0.3) is 22.3 Å². The number of halogens is 1. The Balaban J connectivity index is 1.65. The predicted molar refractivity (Wildman–Crippen MR) is 132 cm³/mol. The highest BCUT2D eigenvalue weighted by Gasteiger charge is 2.11. The zero-order chi connectivity index (χ0) is 23.6. The third kappa shape index (κ3) is 6.87. The SMILES string of the molecule is C=C(CO)C(=O)Oc1ccc(-c2ccc(-c3ccc(CCCCCCC)cc3)cc2F)cc1. The molecule has 0 heterocycles. The summed E-state index contributed by atoms with van der Waals surface area (Å²) in [6.07, 6.45) is 7.41. The monoisotopic (exact) mass is 446 g/mol. The van der Waals surface area contributed by atoms with E-state index in [1.807, 2.05) is 6.07 Å². The normalized spacial score (nSPS) is 10.8. The smallest absolute Gasteiger partial charge is 0.341 e. The number of aliphatic hydroxyl groups is 1. The third-order valence-corrected chi connectivity index (χ3v) is 5.68. The molecule has 172 valence electrons. The van der Waals surface area contributed by atoms with E-state index in [4.69, 9.17) is 9.84 Å². The van der Waals surface area contributed by atoms with E-state index in [2.05, 4.69) is 37.8 Å². The minimum Gasteiger partial charge on any atom is -0.423 e. The number of ether oxygens (including phenoxy) is 1. The molecule has 0 aliphatic carbocycles. The first kappa shape index (κ1) is 24.4. The lowest BCUT2D eigenvalue weighted by atomic mass is 9.98. The van der Waals surface area contributed by atoms with E-state index < -0.39 is 12.6 Å². The zero-order valence-corrected chi connectivity index (χ0v) is 19.1. The second kappa shape index (κ2) is 12.1. The van der Waals surface area contributed by atoms with Crippen LogP contribution in [0.2, 0.25) is 0 Å². The van der Waals surface area contributed by atoms with Gasteiger partial charge in [0.25, 0.3) is 0 Å². The second-order valence-corrected chi connectivity index (χ2v) is 8.23. The highest BCUT2D eigenvalue weighted by Crippen LogP contribution is 2.29. The van der Waals surface area contributed by atoms with Crippen molar-refractivity contribution >= 4 is 5.97 Å². The van der Waals surface area contributed by atoms with Crippen LogP contribution in [0.4, 0.5) is 4.39 Å². The summed E-state index contributed by atoms with van der Waals surface area (Å²) in [7, 11) is 0. The summed E-state index contributed by atoms with van der Waals surface area (Å²) in [5.74, 6) is -0.699. The Bertz CT molecular complexity index is 1070. The van der Waals surface area contributed by atoms with Crippen LogP contribution >= 0.6 is 0 Å². The van der Waals surface area contributed by atoms with Crippen LogP contribution in [0.1, 0.15) is 44.6 Å². The van der Waals surface area contributed by atoms with Gasteiger partial charge >= 0.3 is 5.97 Å². The molecule has 0 radical (unpaired) electrons. The van der Waals surface area contributed by atoms with E-state index in [0.29, 0.717) is 16.9 Å². The number of aliphatic hydroxyl groups excluding tert-OH is 1. The van der Waals surface area contributed by atoms with Crippen molar-refractivity contribution < 1.29 is 19.0 Å². The first-order chi connectivity index (χ1) is 16.0. The molecular weight excluding hydrogens is 415 g/mol. The van der Waals surface area contributed by atoms with Crippen LogP contribution in [0.3, 0.4) is 0 Å². The van der Waals surface area contributed by atoms with Gasteiger partial charge in [-0.05, 0) is 53.3 Å². The van der Waals surface area contributed by atoms with Gasteiger partial charge in [-0.15, -0.1) is 0 Å². The number of carbonyl (C=O) groups excluding carboxylic acids is 1. The van der Waals surface area contributed by atoms with Crippen LogP contribution in [0, 0.1) is 5.82 Å². The summed E-state index contributed by atoms with van der Waals surface area (Å²) in [4.78, 5) is 11.7. The van der Waals surface area contributed by atoms with Crippen molar-refractivity contribution in [1.29, 1.82) is 0 Å². The predicted octanol–water partition coefficient (Wildman–Crippen LogP) is 7.13. The molecule has 3 aromatic carbocycles. The highest BCUT2D eigenvalue weighted by atomic mass is 19.1. The average Bonchev–Trinajstić information content (AvgIpc) is 2.84. The summed E-state index contributed by atoms with van der Waals surface area (Å²) in [5.41, 5.74) is 4.26. The highest BCUT2D eigenvalue weighted by molar-refractivity contribution is 5.89. The molecule has 3 rings (SSSR count). The van der Waals surface area contributed by atoms with Crippen LogP contribution < -0.4 is 4.74 Å². The van der Waals surface area contributed by atoms with Gasteiger partial charge in [0.15, 0.2) is 0 Å². The van der Waals surface area contributed by atoms with Crippen LogP contribution in [-0.4, -0.2) is 17.7 Å². The van der Waals surface area contributed by atoms with Crippen LogP contribution in [0.5, 0.6) is 5.75 Å². The van der Waals surface area contributed by atoms with Crippen molar-refractivity contribution in [1.82, 2.24) is 0 Å². The molecule has 0 unspecified atom stereocenters. The number of carbonyl (C=O) groups is 1. The number of benzene rings is 3. The molecule has 1 N–H and O–H groups in total. The van der Waals surface area contributed by atoms with Crippen LogP contribution in [-0.2, 0) is 11.2 Å². The molecule has 3 aromatic rings. The van der Waals surface area contributed by atoms with E-state index in [1.165, 1.54) is 37.7 Å². The number of hydrogen-bond acceptors (Lipinski definition) is 3. The molecule has 4 heteroatoms. The number of aryl methyl sites for hydroxylation is 1. The molecule has 0 aliphatic heterocycles. The molecule has 0 saturated heterocycles. The molecule has 0 aromatic heterocycles. The van der Waals surface area contributed by atoms with E-state index in [-0.39, 0.29) is 11.4 Å². The summed E-state index contributed by atoms with van der Waals surface area (Å²) < 4.78 is 20.0. The molecule has 3 nitrogen and oxygen atoms in total. The topological polar surface area (TPSA) is 46.5 Å². The fraction of sp³-hybridized carbons (Fsp3) is 0.276. The van der Waals surface area contributed by atoms with Crippen molar-refractivity contribution in [3.05, 3.63) is 90.3 Å². The van der Waals surface area contributed by atoms with Gasteiger partial charge in [-0.2, -0.15) is 0 Å². The Hall–Kier alpha value is -3.24. The lowest BCUT2D eigenvalue weighted by Crippen LogP contribution is -2.12. The molecule has 0 bridgehead atoms. The second-order valence-electron chi connectivity index (χ2n) is 8.23. The first-order valence-corrected chi connectivity index (χ1v) is 11.5. The van der Waals surface area contributed by atoms with Crippen molar-refractivity contribution in [3.8, 4) is 28.0 Å². The van der Waals surface area contributed by atoms with Gasteiger partial charge in [0.2, 0.25) is 0 Å². The Morgan fingerprint density at radius 3 is 2.15 bits per heavy atom. The molecule has 0 amide bonds. The Labute approximate surface area is 195 Å². The minimum atomic E-state index is -0.691. The van der Waals surface area contributed by atoms with Gasteiger partial charge in [0.05, 0.1) is 12.2 Å². The fourth-order valence-corrected chi connectivity index (χ4v) is 3.67. The number of unbranched alkanes of at least 4 members (excludes halogenated alkanes) is 4. The van der Waals surface area contributed by atoms with Gasteiger partial charge in [0.1, 0.15) is 11.6 Å². The summed E-state index contributed by atoms with van der Waals surface area (Å²) in [6.45, 7) is 5.19. The molecule has 0 atom stereocenters. The lowest BCUT2D eigenvalue weighted by Gasteiger charge is -2.09. The van der Waals surface area contributed by atoms with E-state index in [9.17, 15) is 9.18 Å². The van der Waals surface area contributed by atoms with Crippen molar-refractivity contribution in [2.75, 3.05) is 6.61 Å². The standard InChI is InChI=1S/C29H31FO3/c1-3-4-5-6-7-8-22-9-11-23(12-10-22)25-15-18-27(28(30)19-25)24-13-16-26(17-14-24)33-29(32)21(2)20-31/h9-19,31H,2-8,20H2,1H3. The maximum Gasteiger partial charge on any atom is 0.341 e. The van der Waals surface area contributed by atoms with E-state index in [0.717, 1.165) is 17.5 Å². The molecule has 0 spiro atoms. The largest absolute Gasteiger partial charge is 0.423 e. The van der Waals surface area contributed by atoms with Crippen LogP contribution in [0.15, 0.2) is 78.9 Å². The van der Waals surface area contributed by atoms with Gasteiger partial charge in [-0.25, -0.2) is 9.18 Å². The quantitative estimate of drug-likeness (QED) is 0.148. The molecule has 33 heavy (non-hydrogen) atoms. The number of rotatable bonds is 11. The zero-order valence-electron chi connectivity index (χ0n) is 19.1. The van der Waals surface area contributed by atoms with Crippen molar-refractivity contribution in [3.63, 3.8) is 0 Å². The molecule has 0 fully saturated rings. The lowest BCUT2D eigenvalue weighted by molar-refractivity contribution is -0.130. The summed E-state index contributed by atoms with van der Waals surface area (Å²) in [6, 6.07) is 20.2. The maximum atomic E-state index is 14.9. The average molecular weight is 447 g/mol. The van der Waals surface area contributed by atoms with Gasteiger partial charge in [-0.3, -0.25) is 0 Å². The number of esters is 1. The van der Waals surface area contributed by atoms with Gasteiger partial charge < -0.3 is 9.84 Å². The maximum absolute atomic E-state index is 14.9. The summed E-state index contributed by atoms with van der Waals surface area (Å²) >= 11 is 0. The first-order valence-electron chi connectivity index (χ1n) is 11.5. The van der Waals surface area contributed by atoms with Crippen molar-refractivity contribution in [2.45, 2.75) is 45.4 Å². The van der Waals surface area contributed by atoms with Gasteiger partial charge in [0, 0.05) is 5.56 Å². The Kier molecular flexibility index (Phi) is 8.96. The molecular formula is C29H31FO3. The summed E-state index contributed by atoms with van der Waals surface area (Å²) in [5, 5.41) is 8.94.